The van der Waals surface area contributed by atoms with E-state index in [9.17, 15) is 24.5 Å². The molecule has 0 aliphatic rings. The van der Waals surface area contributed by atoms with Gasteiger partial charge in [-0.05, 0) is 42.8 Å². The molecule has 3 aromatic rings. The number of nitro benzene ring substituents is 1. The van der Waals surface area contributed by atoms with E-state index in [1.165, 1.54) is 18.4 Å². The third kappa shape index (κ3) is 4.74. The fourth-order valence-corrected chi connectivity index (χ4v) is 3.34. The number of benzene rings is 1. The van der Waals surface area contributed by atoms with Gasteiger partial charge in [0.1, 0.15) is 5.69 Å². The molecule has 2 amide bonds. The smallest absolute Gasteiger partial charge is 0.313 e. The third-order valence-electron chi connectivity index (χ3n) is 3.86. The molecular weight excluding hydrogens is 398 g/mol. The molecule has 0 fully saturated rings. The van der Waals surface area contributed by atoms with Gasteiger partial charge in [0.25, 0.3) is 5.69 Å². The maximum absolute atomic E-state index is 12.2. The predicted molar refractivity (Wildman–Crippen MR) is 105 cm³/mol. The fraction of sp³-hybridized carbons (Fsp3) is 0.105. The number of rotatable bonds is 6. The number of nitrogens with zero attached hydrogens (tertiary/aromatic N) is 1. The average Bonchev–Trinajstić information content (AvgIpc) is 3.38. The SMILES string of the molecule is Cc1ccc(NC(=O)C(=O)NCc2ccc(C(=O)c3ccco3)s2)c([N+](=O)[O-])c1. The molecular formula is C19H15N3O6S. The molecule has 10 heteroatoms. The molecule has 0 spiro atoms. The number of furan rings is 1. The second-order valence-electron chi connectivity index (χ2n) is 5.99. The van der Waals surface area contributed by atoms with Crippen LogP contribution in [0.4, 0.5) is 11.4 Å². The van der Waals surface area contributed by atoms with Crippen LogP contribution in [0.15, 0.2) is 53.1 Å². The van der Waals surface area contributed by atoms with Gasteiger partial charge in [-0.3, -0.25) is 24.5 Å². The summed E-state index contributed by atoms with van der Waals surface area (Å²) in [5, 5.41) is 15.8. The zero-order valence-corrected chi connectivity index (χ0v) is 15.9. The van der Waals surface area contributed by atoms with E-state index in [0.717, 1.165) is 11.3 Å². The zero-order valence-electron chi connectivity index (χ0n) is 15.1. The van der Waals surface area contributed by atoms with Crippen LogP contribution in [0.3, 0.4) is 0 Å². The summed E-state index contributed by atoms with van der Waals surface area (Å²) >= 11 is 1.16. The second-order valence-corrected chi connectivity index (χ2v) is 7.16. The topological polar surface area (TPSA) is 132 Å². The molecule has 0 radical (unpaired) electrons. The number of carbonyl (C=O) groups excluding carboxylic acids is 3. The van der Waals surface area contributed by atoms with E-state index in [2.05, 4.69) is 10.6 Å². The Labute approximate surface area is 168 Å². The summed E-state index contributed by atoms with van der Waals surface area (Å²) in [6.07, 6.45) is 1.40. The molecule has 2 N–H and O–H groups in total. The summed E-state index contributed by atoms with van der Waals surface area (Å²) in [6.45, 7) is 1.70. The van der Waals surface area contributed by atoms with Crippen molar-refractivity contribution < 1.29 is 23.7 Å². The van der Waals surface area contributed by atoms with Crippen LogP contribution in [-0.4, -0.2) is 22.5 Å². The number of nitro groups is 1. The summed E-state index contributed by atoms with van der Waals surface area (Å²) in [7, 11) is 0. The first-order valence-electron chi connectivity index (χ1n) is 8.36. The van der Waals surface area contributed by atoms with Crippen LogP contribution in [0.2, 0.25) is 0 Å². The van der Waals surface area contributed by atoms with Crippen molar-refractivity contribution in [3.8, 4) is 0 Å². The molecule has 148 valence electrons. The van der Waals surface area contributed by atoms with Gasteiger partial charge in [0.05, 0.1) is 22.6 Å². The van der Waals surface area contributed by atoms with Crippen molar-refractivity contribution in [1.82, 2.24) is 5.32 Å². The number of aryl methyl sites for hydroxylation is 1. The number of amides is 2. The minimum Gasteiger partial charge on any atom is -0.461 e. The molecule has 9 nitrogen and oxygen atoms in total. The van der Waals surface area contributed by atoms with Crippen molar-refractivity contribution in [2.75, 3.05) is 5.32 Å². The molecule has 29 heavy (non-hydrogen) atoms. The standard InChI is InChI=1S/C19H15N3O6S/c1-11-4-6-13(14(9-11)22(26)27)21-19(25)18(24)20-10-12-5-7-16(29-12)17(23)15-3-2-8-28-15/h2-9H,10H2,1H3,(H,20,24)(H,21,25). The number of hydrogen-bond acceptors (Lipinski definition) is 7. The number of ketones is 1. The van der Waals surface area contributed by atoms with Gasteiger partial charge in [0.15, 0.2) is 5.76 Å². The molecule has 0 unspecified atom stereocenters. The molecule has 1 aromatic carbocycles. The fourth-order valence-electron chi connectivity index (χ4n) is 2.45. The van der Waals surface area contributed by atoms with Gasteiger partial charge in [0.2, 0.25) is 5.78 Å². The Kier molecular flexibility index (Phi) is 5.84. The van der Waals surface area contributed by atoms with Gasteiger partial charge in [-0.2, -0.15) is 0 Å². The highest BCUT2D eigenvalue weighted by Crippen LogP contribution is 2.25. The second kappa shape index (κ2) is 8.48. The third-order valence-corrected chi connectivity index (χ3v) is 4.94. The summed E-state index contributed by atoms with van der Waals surface area (Å²) in [6, 6.07) is 10.7. The van der Waals surface area contributed by atoms with Crippen LogP contribution in [-0.2, 0) is 16.1 Å². The lowest BCUT2D eigenvalue weighted by Crippen LogP contribution is -2.34. The van der Waals surface area contributed by atoms with Crippen LogP contribution < -0.4 is 10.6 Å². The van der Waals surface area contributed by atoms with Crippen molar-refractivity contribution >= 4 is 40.3 Å². The molecule has 0 bridgehead atoms. The van der Waals surface area contributed by atoms with E-state index >= 15 is 0 Å². The summed E-state index contributed by atoms with van der Waals surface area (Å²) in [5.74, 6) is -2.05. The number of anilines is 1. The van der Waals surface area contributed by atoms with Crippen LogP contribution in [0.25, 0.3) is 0 Å². The highest BCUT2D eigenvalue weighted by molar-refractivity contribution is 7.14. The lowest BCUT2D eigenvalue weighted by Gasteiger charge is -2.07. The van der Waals surface area contributed by atoms with Gasteiger partial charge in [-0.15, -0.1) is 11.3 Å². The maximum Gasteiger partial charge on any atom is 0.313 e. The van der Waals surface area contributed by atoms with E-state index in [-0.39, 0.29) is 29.5 Å². The number of thiophene rings is 1. The molecule has 0 aliphatic carbocycles. The van der Waals surface area contributed by atoms with E-state index in [1.54, 1.807) is 37.3 Å². The number of hydrogen-bond donors (Lipinski definition) is 2. The van der Waals surface area contributed by atoms with Crippen LogP contribution in [0, 0.1) is 17.0 Å². The monoisotopic (exact) mass is 413 g/mol. The molecule has 3 rings (SSSR count). The average molecular weight is 413 g/mol. The number of carbonyl (C=O) groups is 3. The van der Waals surface area contributed by atoms with Crippen molar-refractivity contribution in [3.63, 3.8) is 0 Å². The molecule has 2 aromatic heterocycles. The summed E-state index contributed by atoms with van der Waals surface area (Å²) in [4.78, 5) is 47.8. The molecule has 2 heterocycles. The van der Waals surface area contributed by atoms with Crippen molar-refractivity contribution in [3.05, 3.63) is 79.9 Å². The minimum absolute atomic E-state index is 0.0261. The van der Waals surface area contributed by atoms with E-state index in [0.29, 0.717) is 15.3 Å². The van der Waals surface area contributed by atoms with E-state index < -0.39 is 16.7 Å². The Morgan fingerprint density at radius 1 is 1.14 bits per heavy atom. The first-order chi connectivity index (χ1) is 13.8. The first-order valence-corrected chi connectivity index (χ1v) is 9.18. The largest absolute Gasteiger partial charge is 0.461 e. The molecule has 0 saturated heterocycles. The molecule has 0 atom stereocenters. The lowest BCUT2D eigenvalue weighted by atomic mass is 10.2. The van der Waals surface area contributed by atoms with Crippen LogP contribution >= 0.6 is 11.3 Å². The number of nitrogens with one attached hydrogen (secondary N) is 2. The van der Waals surface area contributed by atoms with E-state index in [4.69, 9.17) is 4.42 Å². The Morgan fingerprint density at radius 3 is 2.62 bits per heavy atom. The van der Waals surface area contributed by atoms with Gasteiger partial charge < -0.3 is 15.1 Å². The van der Waals surface area contributed by atoms with Gasteiger partial charge in [-0.1, -0.05) is 6.07 Å². The summed E-state index contributed by atoms with van der Waals surface area (Å²) in [5.41, 5.74) is 0.283. The van der Waals surface area contributed by atoms with Gasteiger partial charge >= 0.3 is 11.8 Å². The lowest BCUT2D eigenvalue weighted by molar-refractivity contribution is -0.384. The van der Waals surface area contributed by atoms with Crippen molar-refractivity contribution in [2.24, 2.45) is 0 Å². The molecule has 0 aliphatic heterocycles. The molecule has 0 saturated carbocycles. The highest BCUT2D eigenvalue weighted by atomic mass is 32.1. The van der Waals surface area contributed by atoms with Crippen LogP contribution in [0.5, 0.6) is 0 Å². The minimum atomic E-state index is -1.03. The van der Waals surface area contributed by atoms with Crippen molar-refractivity contribution in [2.45, 2.75) is 13.5 Å². The Hall–Kier alpha value is -3.79. The van der Waals surface area contributed by atoms with Crippen LogP contribution in [0.1, 0.15) is 25.9 Å². The van der Waals surface area contributed by atoms with Crippen molar-refractivity contribution in [1.29, 1.82) is 0 Å². The Morgan fingerprint density at radius 2 is 1.93 bits per heavy atom. The first kappa shape index (κ1) is 20.0. The zero-order chi connectivity index (χ0) is 21.0. The maximum atomic E-state index is 12.2. The summed E-state index contributed by atoms with van der Waals surface area (Å²) < 4.78 is 5.07. The Balaban J connectivity index is 1.59. The normalized spacial score (nSPS) is 10.4. The Bertz CT molecular complexity index is 1090. The van der Waals surface area contributed by atoms with E-state index in [1.807, 2.05) is 0 Å². The quantitative estimate of drug-likeness (QED) is 0.276. The van der Waals surface area contributed by atoms with Gasteiger partial charge in [0, 0.05) is 10.9 Å². The highest BCUT2D eigenvalue weighted by Gasteiger charge is 2.20. The predicted octanol–water partition coefficient (Wildman–Crippen LogP) is 3.04. The van der Waals surface area contributed by atoms with Gasteiger partial charge in [-0.25, -0.2) is 0 Å².